The molecule has 4 nitrogen and oxygen atoms in total. The van der Waals surface area contributed by atoms with Gasteiger partial charge >= 0.3 is 0 Å². The highest BCUT2D eigenvalue weighted by Gasteiger charge is 2.37. The number of aromatic nitrogens is 1. The van der Waals surface area contributed by atoms with Crippen LogP contribution in [0.15, 0.2) is 30.5 Å². The van der Waals surface area contributed by atoms with Crippen LogP contribution in [0.1, 0.15) is 48.5 Å². The summed E-state index contributed by atoms with van der Waals surface area (Å²) in [6, 6.07) is 9.95. The second-order valence-electron chi connectivity index (χ2n) is 6.86. The van der Waals surface area contributed by atoms with Gasteiger partial charge in [-0.3, -0.25) is 4.79 Å². The molecular formula is C18H23N3O. The van der Waals surface area contributed by atoms with Gasteiger partial charge in [-0.05, 0) is 38.8 Å². The van der Waals surface area contributed by atoms with Gasteiger partial charge in [0.05, 0.1) is 5.56 Å². The van der Waals surface area contributed by atoms with E-state index in [1.807, 2.05) is 24.4 Å². The molecular weight excluding hydrogens is 274 g/mol. The highest BCUT2D eigenvalue weighted by Crippen LogP contribution is 2.40. The van der Waals surface area contributed by atoms with Crippen molar-refractivity contribution in [3.05, 3.63) is 36.0 Å². The maximum absolute atomic E-state index is 11.8. The zero-order valence-electron chi connectivity index (χ0n) is 13.0. The molecule has 2 aromatic rings. The van der Waals surface area contributed by atoms with E-state index in [0.29, 0.717) is 23.7 Å². The summed E-state index contributed by atoms with van der Waals surface area (Å²) in [5.41, 5.74) is 7.37. The summed E-state index contributed by atoms with van der Waals surface area (Å²) in [5, 5.41) is 0.985. The van der Waals surface area contributed by atoms with Gasteiger partial charge in [0, 0.05) is 35.2 Å². The lowest BCUT2D eigenvalue weighted by molar-refractivity contribution is 0.0411. The quantitative estimate of drug-likeness (QED) is 0.926. The van der Waals surface area contributed by atoms with Gasteiger partial charge in [-0.1, -0.05) is 24.6 Å². The molecule has 22 heavy (non-hydrogen) atoms. The predicted octanol–water partition coefficient (Wildman–Crippen LogP) is 2.93. The Hall–Kier alpha value is -1.81. The number of carbonyl (C=O) groups is 1. The van der Waals surface area contributed by atoms with Crippen molar-refractivity contribution in [1.29, 1.82) is 0 Å². The summed E-state index contributed by atoms with van der Waals surface area (Å²) in [7, 11) is 2.27. The minimum absolute atomic E-state index is 0.330. The lowest BCUT2D eigenvalue weighted by atomic mass is 9.82. The van der Waals surface area contributed by atoms with Gasteiger partial charge in [-0.25, -0.2) is 0 Å². The van der Waals surface area contributed by atoms with Gasteiger partial charge < -0.3 is 15.2 Å². The molecule has 2 saturated heterocycles. The molecule has 1 aromatic heterocycles. The third kappa shape index (κ3) is 2.05. The zero-order chi connectivity index (χ0) is 15.3. The van der Waals surface area contributed by atoms with Crippen LogP contribution in [0.5, 0.6) is 0 Å². The van der Waals surface area contributed by atoms with E-state index in [4.69, 9.17) is 5.73 Å². The first-order valence-corrected chi connectivity index (χ1v) is 8.26. The van der Waals surface area contributed by atoms with Crippen LogP contribution in [-0.4, -0.2) is 34.5 Å². The van der Waals surface area contributed by atoms with E-state index in [1.54, 1.807) is 0 Å². The van der Waals surface area contributed by atoms with Gasteiger partial charge in [-0.15, -0.1) is 0 Å². The highest BCUT2D eigenvalue weighted by atomic mass is 16.1. The number of rotatable bonds is 2. The third-order valence-electron chi connectivity index (χ3n) is 5.71. The number of hydrogen-bond acceptors (Lipinski definition) is 2. The fourth-order valence-electron chi connectivity index (χ4n) is 4.52. The normalized spacial score (nSPS) is 28.9. The van der Waals surface area contributed by atoms with Crippen molar-refractivity contribution in [2.75, 3.05) is 7.05 Å². The molecule has 1 aromatic carbocycles. The van der Waals surface area contributed by atoms with Crippen LogP contribution in [0.25, 0.3) is 10.9 Å². The average molecular weight is 297 g/mol. The van der Waals surface area contributed by atoms with E-state index in [2.05, 4.69) is 22.6 Å². The first-order valence-electron chi connectivity index (χ1n) is 8.26. The largest absolute Gasteiger partial charge is 0.366 e. The number of nitrogens with two attached hydrogens (primary N) is 1. The Morgan fingerprint density at radius 1 is 1.14 bits per heavy atom. The molecule has 0 radical (unpaired) electrons. The van der Waals surface area contributed by atoms with Gasteiger partial charge in [0.1, 0.15) is 0 Å². The first-order chi connectivity index (χ1) is 10.6. The van der Waals surface area contributed by atoms with Crippen LogP contribution < -0.4 is 5.73 Å². The molecule has 2 unspecified atom stereocenters. The van der Waals surface area contributed by atoms with Crippen LogP contribution in [0, 0.1) is 0 Å². The number of fused-ring (bicyclic) bond motifs is 3. The van der Waals surface area contributed by atoms with Crippen LogP contribution in [0.4, 0.5) is 0 Å². The summed E-state index contributed by atoms with van der Waals surface area (Å²) in [4.78, 5) is 14.3. The van der Waals surface area contributed by atoms with Crippen molar-refractivity contribution >= 4 is 16.8 Å². The van der Waals surface area contributed by atoms with Crippen LogP contribution in [-0.2, 0) is 0 Å². The molecule has 0 saturated carbocycles. The Labute approximate surface area is 130 Å². The minimum Gasteiger partial charge on any atom is -0.366 e. The molecule has 3 heterocycles. The van der Waals surface area contributed by atoms with E-state index in [0.717, 1.165) is 10.9 Å². The molecule has 2 bridgehead atoms. The van der Waals surface area contributed by atoms with E-state index in [1.165, 1.54) is 32.1 Å². The fraction of sp³-hybridized carbons (Fsp3) is 0.500. The number of primary amides is 1. The van der Waals surface area contributed by atoms with E-state index in [-0.39, 0.29) is 5.91 Å². The van der Waals surface area contributed by atoms with Crippen LogP contribution in [0.3, 0.4) is 0 Å². The molecule has 116 valence electrons. The fourth-order valence-corrected chi connectivity index (χ4v) is 4.52. The number of amides is 1. The molecule has 0 aliphatic carbocycles. The van der Waals surface area contributed by atoms with Crippen molar-refractivity contribution in [3.8, 4) is 0 Å². The maximum atomic E-state index is 11.8. The Morgan fingerprint density at radius 2 is 1.82 bits per heavy atom. The predicted molar refractivity (Wildman–Crippen MR) is 87.9 cm³/mol. The lowest BCUT2D eigenvalue weighted by Crippen LogP contribution is -2.49. The number of para-hydroxylation sites is 1. The van der Waals surface area contributed by atoms with E-state index in [9.17, 15) is 4.79 Å². The summed E-state index contributed by atoms with van der Waals surface area (Å²) in [5.74, 6) is -0.330. The Kier molecular flexibility index (Phi) is 3.22. The van der Waals surface area contributed by atoms with E-state index >= 15 is 0 Å². The number of piperidine rings is 2. The molecule has 2 fully saturated rings. The topological polar surface area (TPSA) is 51.3 Å². The second kappa shape index (κ2) is 5.13. The van der Waals surface area contributed by atoms with Gasteiger partial charge in [0.2, 0.25) is 0 Å². The maximum Gasteiger partial charge on any atom is 0.250 e. The lowest BCUT2D eigenvalue weighted by Gasteiger charge is -2.47. The van der Waals surface area contributed by atoms with Crippen LogP contribution in [0.2, 0.25) is 0 Å². The van der Waals surface area contributed by atoms with Gasteiger partial charge in [-0.2, -0.15) is 0 Å². The number of nitrogens with zero attached hydrogens (tertiary/aromatic N) is 2. The average Bonchev–Trinajstić information content (AvgIpc) is 2.87. The van der Waals surface area contributed by atoms with E-state index < -0.39 is 0 Å². The van der Waals surface area contributed by atoms with Crippen molar-refractivity contribution < 1.29 is 4.79 Å². The highest BCUT2D eigenvalue weighted by molar-refractivity contribution is 6.06. The summed E-state index contributed by atoms with van der Waals surface area (Å²) in [6.07, 6.45) is 8.27. The third-order valence-corrected chi connectivity index (χ3v) is 5.71. The molecule has 2 aliphatic heterocycles. The SMILES string of the molecule is CN1C2CCCC1CC(n1cc(C(N)=O)c3ccccc31)C2. The smallest absolute Gasteiger partial charge is 0.250 e. The van der Waals surface area contributed by atoms with Crippen molar-refractivity contribution in [2.24, 2.45) is 5.73 Å². The Morgan fingerprint density at radius 3 is 2.50 bits per heavy atom. The monoisotopic (exact) mass is 297 g/mol. The zero-order valence-corrected chi connectivity index (χ0v) is 13.0. The standard InChI is InChI=1S/C18H23N3O/c1-20-12-5-4-6-13(20)10-14(9-12)21-11-16(18(19)22)15-7-2-3-8-17(15)21/h2-3,7-8,11-14H,4-6,9-10H2,1H3,(H2,19,22). The molecule has 2 atom stereocenters. The number of benzene rings is 1. The second-order valence-corrected chi connectivity index (χ2v) is 6.86. The van der Waals surface area contributed by atoms with Crippen molar-refractivity contribution in [3.63, 3.8) is 0 Å². The molecule has 1 amide bonds. The van der Waals surface area contributed by atoms with Crippen LogP contribution >= 0.6 is 0 Å². The van der Waals surface area contributed by atoms with Crippen molar-refractivity contribution in [1.82, 2.24) is 9.47 Å². The number of carbonyl (C=O) groups excluding carboxylic acids is 1. The first kappa shape index (κ1) is 13.8. The Balaban J connectivity index is 1.77. The Bertz CT molecular complexity index is 706. The van der Waals surface area contributed by atoms with Gasteiger partial charge in [0.25, 0.3) is 5.91 Å². The number of hydrogen-bond donors (Lipinski definition) is 1. The summed E-state index contributed by atoms with van der Waals surface area (Å²) in [6.45, 7) is 0. The molecule has 2 aliphatic rings. The molecule has 4 rings (SSSR count). The van der Waals surface area contributed by atoms with Crippen molar-refractivity contribution in [2.45, 2.75) is 50.2 Å². The molecule has 4 heteroatoms. The molecule has 0 spiro atoms. The summed E-state index contributed by atoms with van der Waals surface area (Å²) < 4.78 is 2.31. The summed E-state index contributed by atoms with van der Waals surface area (Å²) >= 11 is 0. The van der Waals surface area contributed by atoms with Gasteiger partial charge in [0.15, 0.2) is 0 Å². The minimum atomic E-state index is -0.330. The molecule has 2 N–H and O–H groups in total.